The summed E-state index contributed by atoms with van der Waals surface area (Å²) in [5, 5.41) is 8.96. The number of fused-ring (bicyclic) bond motifs is 1. The number of aliphatic carboxylic acids is 1. The molecule has 1 aliphatic heterocycles. The Kier molecular flexibility index (Phi) is 3.27. The van der Waals surface area contributed by atoms with Gasteiger partial charge in [0.2, 0.25) is 10.0 Å². The van der Waals surface area contributed by atoms with Crippen molar-refractivity contribution in [1.82, 2.24) is 4.72 Å². The zero-order valence-electron chi connectivity index (χ0n) is 10.6. The molecule has 0 aliphatic carbocycles. The van der Waals surface area contributed by atoms with E-state index >= 15 is 0 Å². The third-order valence-corrected chi connectivity index (χ3v) is 4.55. The van der Waals surface area contributed by atoms with Crippen LogP contribution in [0.25, 0.3) is 0 Å². The SMILES string of the molecule is CC(C)(NS(=O)(=O)c1ccc2c(c1)CCO2)C(=O)O. The largest absolute Gasteiger partial charge is 0.493 e. The molecule has 0 saturated heterocycles. The van der Waals surface area contributed by atoms with E-state index in [1.807, 2.05) is 0 Å². The molecule has 0 saturated carbocycles. The summed E-state index contributed by atoms with van der Waals surface area (Å²) in [6, 6.07) is 4.51. The molecule has 0 amide bonds. The Bertz CT molecular complexity index is 621. The molecule has 104 valence electrons. The second kappa shape index (κ2) is 4.50. The summed E-state index contributed by atoms with van der Waals surface area (Å²) in [5.41, 5.74) is -0.745. The number of hydrogen-bond acceptors (Lipinski definition) is 4. The van der Waals surface area contributed by atoms with Gasteiger partial charge in [-0.15, -0.1) is 0 Å². The monoisotopic (exact) mass is 285 g/mol. The normalized spacial score (nSPS) is 14.8. The Hall–Kier alpha value is -1.60. The Morgan fingerprint density at radius 3 is 2.74 bits per heavy atom. The van der Waals surface area contributed by atoms with Crippen molar-refractivity contribution in [3.8, 4) is 5.75 Å². The van der Waals surface area contributed by atoms with E-state index in [1.165, 1.54) is 26.0 Å². The van der Waals surface area contributed by atoms with E-state index in [9.17, 15) is 13.2 Å². The third kappa shape index (κ3) is 2.71. The Morgan fingerprint density at radius 2 is 2.11 bits per heavy atom. The molecular formula is C12H15NO5S. The fraction of sp³-hybridized carbons (Fsp3) is 0.417. The van der Waals surface area contributed by atoms with E-state index in [0.29, 0.717) is 18.8 Å². The highest BCUT2D eigenvalue weighted by atomic mass is 32.2. The first-order valence-corrected chi connectivity index (χ1v) is 7.24. The number of carbonyl (C=O) groups is 1. The van der Waals surface area contributed by atoms with Crippen molar-refractivity contribution in [1.29, 1.82) is 0 Å². The second-order valence-corrected chi connectivity index (χ2v) is 6.59. The van der Waals surface area contributed by atoms with Gasteiger partial charge in [-0.3, -0.25) is 4.79 Å². The van der Waals surface area contributed by atoms with Crippen LogP contribution in [0, 0.1) is 0 Å². The molecule has 0 bridgehead atoms. The molecule has 0 spiro atoms. The van der Waals surface area contributed by atoms with Gasteiger partial charge in [0.1, 0.15) is 11.3 Å². The zero-order chi connectivity index (χ0) is 14.3. The van der Waals surface area contributed by atoms with Gasteiger partial charge >= 0.3 is 5.97 Å². The maximum Gasteiger partial charge on any atom is 0.324 e. The molecule has 1 heterocycles. The lowest BCUT2D eigenvalue weighted by atomic mass is 10.1. The first-order valence-electron chi connectivity index (χ1n) is 5.75. The zero-order valence-corrected chi connectivity index (χ0v) is 11.5. The van der Waals surface area contributed by atoms with Crippen LogP contribution in [0.5, 0.6) is 5.75 Å². The molecule has 2 rings (SSSR count). The quantitative estimate of drug-likeness (QED) is 0.852. The highest BCUT2D eigenvalue weighted by Gasteiger charge is 2.33. The van der Waals surface area contributed by atoms with Gasteiger partial charge in [-0.25, -0.2) is 8.42 Å². The van der Waals surface area contributed by atoms with Gasteiger partial charge in [-0.05, 0) is 37.6 Å². The van der Waals surface area contributed by atoms with E-state index < -0.39 is 21.5 Å². The van der Waals surface area contributed by atoms with E-state index in [0.717, 1.165) is 5.56 Å². The highest BCUT2D eigenvalue weighted by molar-refractivity contribution is 7.89. The number of carboxylic acid groups (broad SMARTS) is 1. The molecule has 0 fully saturated rings. The molecule has 0 unspecified atom stereocenters. The van der Waals surface area contributed by atoms with E-state index in [2.05, 4.69) is 4.72 Å². The molecule has 19 heavy (non-hydrogen) atoms. The van der Waals surface area contributed by atoms with Gasteiger partial charge in [-0.2, -0.15) is 4.72 Å². The molecule has 7 heteroatoms. The standard InChI is InChI=1S/C12H15NO5S/c1-12(2,11(14)15)13-19(16,17)9-3-4-10-8(7-9)5-6-18-10/h3-4,7,13H,5-6H2,1-2H3,(H,14,15). The van der Waals surface area contributed by atoms with Gasteiger partial charge in [-0.1, -0.05) is 0 Å². The molecule has 6 nitrogen and oxygen atoms in total. The number of benzene rings is 1. The fourth-order valence-electron chi connectivity index (χ4n) is 1.77. The fourth-order valence-corrected chi connectivity index (χ4v) is 3.19. The maximum absolute atomic E-state index is 12.1. The Morgan fingerprint density at radius 1 is 1.42 bits per heavy atom. The molecule has 0 atom stereocenters. The van der Waals surface area contributed by atoms with Gasteiger partial charge in [0.15, 0.2) is 0 Å². The average molecular weight is 285 g/mol. The van der Waals surface area contributed by atoms with Crippen molar-refractivity contribution in [3.05, 3.63) is 23.8 Å². The van der Waals surface area contributed by atoms with Crippen LogP contribution in [0.2, 0.25) is 0 Å². The predicted molar refractivity (Wildman–Crippen MR) is 67.7 cm³/mol. The van der Waals surface area contributed by atoms with Crippen molar-refractivity contribution in [3.63, 3.8) is 0 Å². The van der Waals surface area contributed by atoms with E-state index in [4.69, 9.17) is 9.84 Å². The van der Waals surface area contributed by atoms with Crippen LogP contribution in [-0.4, -0.2) is 31.6 Å². The first-order chi connectivity index (χ1) is 8.72. The second-order valence-electron chi connectivity index (χ2n) is 4.90. The molecule has 1 aromatic rings. The summed E-state index contributed by atoms with van der Waals surface area (Å²) in [6.07, 6.45) is 0.654. The molecule has 2 N–H and O–H groups in total. The smallest absolute Gasteiger partial charge is 0.324 e. The van der Waals surface area contributed by atoms with Crippen LogP contribution in [0.1, 0.15) is 19.4 Å². The van der Waals surface area contributed by atoms with Gasteiger partial charge in [0.25, 0.3) is 0 Å². The van der Waals surface area contributed by atoms with Crippen LogP contribution in [0.3, 0.4) is 0 Å². The van der Waals surface area contributed by atoms with Crippen LogP contribution < -0.4 is 9.46 Å². The molecule has 1 aliphatic rings. The van der Waals surface area contributed by atoms with Gasteiger partial charge in [0, 0.05) is 6.42 Å². The van der Waals surface area contributed by atoms with Crippen molar-refractivity contribution < 1.29 is 23.1 Å². The summed E-state index contributed by atoms with van der Waals surface area (Å²) in [4.78, 5) is 11.0. The summed E-state index contributed by atoms with van der Waals surface area (Å²) in [7, 11) is -3.87. The van der Waals surface area contributed by atoms with Crippen LogP contribution in [-0.2, 0) is 21.2 Å². The topological polar surface area (TPSA) is 92.7 Å². The van der Waals surface area contributed by atoms with Crippen LogP contribution in [0.4, 0.5) is 0 Å². The summed E-state index contributed by atoms with van der Waals surface area (Å²) < 4.78 is 31.7. The minimum absolute atomic E-state index is 0.0473. The maximum atomic E-state index is 12.1. The first kappa shape index (κ1) is 13.8. The minimum Gasteiger partial charge on any atom is -0.493 e. The molecular weight excluding hydrogens is 270 g/mol. The van der Waals surface area contributed by atoms with Crippen molar-refractivity contribution in [2.75, 3.05) is 6.61 Å². The highest BCUT2D eigenvalue weighted by Crippen LogP contribution is 2.27. The lowest BCUT2D eigenvalue weighted by molar-refractivity contribution is -0.142. The summed E-state index contributed by atoms with van der Waals surface area (Å²) in [5.74, 6) is -0.558. The van der Waals surface area contributed by atoms with Crippen molar-refractivity contribution >= 4 is 16.0 Å². The number of ether oxygens (including phenoxy) is 1. The van der Waals surface area contributed by atoms with Crippen molar-refractivity contribution in [2.45, 2.75) is 30.7 Å². The summed E-state index contributed by atoms with van der Waals surface area (Å²) >= 11 is 0. The average Bonchev–Trinajstić information content (AvgIpc) is 2.73. The predicted octanol–water partition coefficient (Wildman–Crippen LogP) is 0.763. The van der Waals surface area contributed by atoms with E-state index in [-0.39, 0.29) is 4.90 Å². The number of sulfonamides is 1. The van der Waals surface area contributed by atoms with Crippen molar-refractivity contribution in [2.24, 2.45) is 0 Å². The number of rotatable bonds is 4. The van der Waals surface area contributed by atoms with E-state index in [1.54, 1.807) is 6.07 Å². The third-order valence-electron chi connectivity index (χ3n) is 2.90. The molecule has 1 aromatic carbocycles. The lowest BCUT2D eigenvalue weighted by Gasteiger charge is -2.21. The van der Waals surface area contributed by atoms with Gasteiger partial charge in [0.05, 0.1) is 11.5 Å². The molecule has 0 radical (unpaired) electrons. The lowest BCUT2D eigenvalue weighted by Crippen LogP contribution is -2.49. The molecule has 0 aromatic heterocycles. The number of nitrogens with one attached hydrogen (secondary N) is 1. The summed E-state index contributed by atoms with van der Waals surface area (Å²) in [6.45, 7) is 3.12. The number of hydrogen-bond donors (Lipinski definition) is 2. The number of carboxylic acids is 1. The van der Waals surface area contributed by atoms with Crippen LogP contribution in [0.15, 0.2) is 23.1 Å². The Labute approximate surface area is 111 Å². The Balaban J connectivity index is 2.33. The van der Waals surface area contributed by atoms with Crippen LogP contribution >= 0.6 is 0 Å². The van der Waals surface area contributed by atoms with Gasteiger partial charge < -0.3 is 9.84 Å². The minimum atomic E-state index is -3.87.